The monoisotopic (exact) mass is 396 g/mol. The second-order valence-corrected chi connectivity index (χ2v) is 8.60. The van der Waals surface area contributed by atoms with Crippen molar-refractivity contribution in [1.29, 1.82) is 0 Å². The summed E-state index contributed by atoms with van der Waals surface area (Å²) in [6.45, 7) is 5.54. The highest BCUT2D eigenvalue weighted by Gasteiger charge is 2.30. The maximum Gasteiger partial charge on any atom is 0.367 e. The van der Waals surface area contributed by atoms with Crippen molar-refractivity contribution in [2.24, 2.45) is 0 Å². The van der Waals surface area contributed by atoms with E-state index >= 15 is 0 Å². The summed E-state index contributed by atoms with van der Waals surface area (Å²) < 4.78 is 29.1. The predicted molar refractivity (Wildman–Crippen MR) is 101 cm³/mol. The number of rotatable bonds is 8. The first-order chi connectivity index (χ1) is 12.5. The van der Waals surface area contributed by atoms with Crippen LogP contribution >= 0.6 is 18.9 Å². The molecule has 1 aliphatic carbocycles. The van der Waals surface area contributed by atoms with E-state index in [1.165, 1.54) is 6.92 Å². The first-order valence-electron chi connectivity index (χ1n) is 8.34. The fourth-order valence-electron chi connectivity index (χ4n) is 2.91. The number of benzene rings is 1. The van der Waals surface area contributed by atoms with Crippen LogP contribution in [0.2, 0.25) is 0 Å². The number of carbonyl (C=O) groups excluding carboxylic acids is 1. The number of amides is 1. The molecule has 0 atom stereocenters. The third-order valence-electron chi connectivity index (χ3n) is 3.83. The fourth-order valence-corrected chi connectivity index (χ4v) is 5.00. The molecule has 0 radical (unpaired) electrons. The minimum atomic E-state index is -3.32. The maximum absolute atomic E-state index is 12.7. The van der Waals surface area contributed by atoms with Gasteiger partial charge < -0.3 is 19.1 Å². The van der Waals surface area contributed by atoms with Crippen molar-refractivity contribution < 1.29 is 23.1 Å². The molecule has 1 aromatic carbocycles. The summed E-state index contributed by atoms with van der Waals surface area (Å²) in [6, 6.07) is 3.54. The van der Waals surface area contributed by atoms with Gasteiger partial charge >= 0.3 is 7.60 Å². The molecule has 1 N–H and O–H groups in total. The van der Waals surface area contributed by atoms with Crippen molar-refractivity contribution in [2.75, 3.05) is 24.9 Å². The molecule has 3 rings (SSSR count). The van der Waals surface area contributed by atoms with Crippen LogP contribution in [-0.4, -0.2) is 30.5 Å². The summed E-state index contributed by atoms with van der Waals surface area (Å²) >= 11 is 1.56. The Morgan fingerprint density at radius 3 is 2.69 bits per heavy atom. The van der Waals surface area contributed by atoms with Crippen LogP contribution in [0.25, 0.3) is 11.3 Å². The molecule has 1 amide bonds. The number of anilines is 1. The lowest BCUT2D eigenvalue weighted by Crippen LogP contribution is -2.09. The Morgan fingerprint density at radius 1 is 1.31 bits per heavy atom. The van der Waals surface area contributed by atoms with Crippen LogP contribution in [0.15, 0.2) is 17.6 Å². The topological polar surface area (TPSA) is 86.8 Å². The Bertz CT molecular complexity index is 857. The highest BCUT2D eigenvalue weighted by Crippen LogP contribution is 2.51. The molecular weight excluding hydrogens is 375 g/mol. The lowest BCUT2D eigenvalue weighted by Gasteiger charge is -2.19. The van der Waals surface area contributed by atoms with Gasteiger partial charge in [-0.2, -0.15) is 0 Å². The number of thiazole rings is 1. The van der Waals surface area contributed by atoms with E-state index in [9.17, 15) is 9.36 Å². The van der Waals surface area contributed by atoms with E-state index in [1.54, 1.807) is 42.8 Å². The van der Waals surface area contributed by atoms with Crippen LogP contribution in [-0.2, 0) is 24.8 Å². The van der Waals surface area contributed by atoms with E-state index in [1.807, 2.05) is 0 Å². The van der Waals surface area contributed by atoms with E-state index in [2.05, 4.69) is 10.3 Å². The first kappa shape index (κ1) is 19.0. The molecule has 0 fully saturated rings. The van der Waals surface area contributed by atoms with Crippen LogP contribution < -0.4 is 10.1 Å². The van der Waals surface area contributed by atoms with E-state index in [0.29, 0.717) is 12.2 Å². The Balaban J connectivity index is 1.93. The molecule has 0 saturated heterocycles. The summed E-state index contributed by atoms with van der Waals surface area (Å²) in [7, 11) is -3.32. The number of nitrogens with one attached hydrogen (secondary N) is 1. The van der Waals surface area contributed by atoms with Crippen LogP contribution in [0.5, 0.6) is 5.75 Å². The Labute approximate surface area is 156 Å². The van der Waals surface area contributed by atoms with E-state index in [4.69, 9.17) is 13.8 Å². The number of nitrogens with zero attached hydrogens (tertiary/aromatic N) is 1. The second kappa shape index (κ2) is 7.88. The van der Waals surface area contributed by atoms with E-state index in [0.717, 1.165) is 27.4 Å². The molecule has 1 aliphatic rings. The first-order valence-corrected chi connectivity index (χ1v) is 10.9. The summed E-state index contributed by atoms with van der Waals surface area (Å²) in [4.78, 5) is 17.0. The van der Waals surface area contributed by atoms with E-state index < -0.39 is 7.60 Å². The van der Waals surface area contributed by atoms with Gasteiger partial charge in [0.2, 0.25) is 5.91 Å². The zero-order chi connectivity index (χ0) is 18.7. The molecule has 0 spiro atoms. The number of fused-ring (bicyclic) bond motifs is 3. The van der Waals surface area contributed by atoms with Crippen molar-refractivity contribution >= 4 is 30.5 Å². The van der Waals surface area contributed by atoms with E-state index in [-0.39, 0.29) is 25.5 Å². The standard InChI is InChI=1S/C17H21N2O5PS/c1-4-23-25(21,24-5-2)10-22-14-7-6-13(19-11(3)20)12-8-15-17(16(12)14)18-9-26-15/h6-7,9H,4-5,8,10H2,1-3H3,(H,19,20). The van der Waals surface area contributed by atoms with Gasteiger partial charge in [-0.15, -0.1) is 11.3 Å². The molecule has 1 aromatic heterocycles. The van der Waals surface area contributed by atoms with Crippen molar-refractivity contribution in [3.63, 3.8) is 0 Å². The smallest absolute Gasteiger partial charge is 0.367 e. The lowest BCUT2D eigenvalue weighted by atomic mass is 10.1. The van der Waals surface area contributed by atoms with Gasteiger partial charge in [-0.3, -0.25) is 9.36 Å². The minimum absolute atomic E-state index is 0.138. The van der Waals surface area contributed by atoms with Gasteiger partial charge in [-0.25, -0.2) is 4.98 Å². The van der Waals surface area contributed by atoms with Crippen LogP contribution in [0, 0.1) is 0 Å². The minimum Gasteiger partial charge on any atom is -0.480 e. The number of ether oxygens (including phenoxy) is 1. The fraction of sp³-hybridized carbons (Fsp3) is 0.412. The summed E-state index contributed by atoms with van der Waals surface area (Å²) in [5, 5.41) is 2.85. The SMILES string of the molecule is CCOP(=O)(COc1ccc(NC(C)=O)c2c1-c1ncsc1C2)OCC. The van der Waals surface area contributed by atoms with Crippen LogP contribution in [0.3, 0.4) is 0 Å². The van der Waals surface area contributed by atoms with Crippen molar-refractivity contribution in [2.45, 2.75) is 27.2 Å². The largest absolute Gasteiger partial charge is 0.480 e. The second-order valence-electron chi connectivity index (χ2n) is 5.67. The molecule has 2 aromatic rings. The van der Waals surface area contributed by atoms with Crippen LogP contribution in [0.1, 0.15) is 31.2 Å². The Hall–Kier alpha value is -1.73. The normalized spacial score (nSPS) is 12.6. The number of aromatic nitrogens is 1. The summed E-state index contributed by atoms with van der Waals surface area (Å²) in [5.74, 6) is 0.416. The van der Waals surface area contributed by atoms with Gasteiger partial charge in [0.15, 0.2) is 6.35 Å². The van der Waals surface area contributed by atoms with Crippen molar-refractivity contribution in [3.8, 4) is 17.0 Å². The van der Waals surface area contributed by atoms with Gasteiger partial charge in [0.1, 0.15) is 5.75 Å². The molecular formula is C17H21N2O5PS. The highest BCUT2D eigenvalue weighted by atomic mass is 32.1. The average Bonchev–Trinajstić information content (AvgIpc) is 3.15. The van der Waals surface area contributed by atoms with Crippen molar-refractivity contribution in [1.82, 2.24) is 4.98 Å². The van der Waals surface area contributed by atoms with Gasteiger partial charge in [0, 0.05) is 29.5 Å². The summed E-state index contributed by atoms with van der Waals surface area (Å²) in [5.41, 5.74) is 5.15. The molecule has 9 heteroatoms. The Morgan fingerprint density at radius 2 is 2.04 bits per heavy atom. The quantitative estimate of drug-likeness (QED) is 0.572. The molecule has 0 saturated carbocycles. The maximum atomic E-state index is 12.7. The van der Waals surface area contributed by atoms with Gasteiger partial charge in [0.25, 0.3) is 0 Å². The highest BCUT2D eigenvalue weighted by molar-refractivity contribution is 7.53. The molecule has 0 aliphatic heterocycles. The molecule has 7 nitrogen and oxygen atoms in total. The molecule has 0 bridgehead atoms. The van der Waals surface area contributed by atoms with Gasteiger partial charge in [-0.05, 0) is 31.5 Å². The Kier molecular flexibility index (Phi) is 5.77. The summed E-state index contributed by atoms with van der Waals surface area (Å²) in [6.07, 6.45) is 0.497. The van der Waals surface area contributed by atoms with Gasteiger partial charge in [0.05, 0.1) is 24.4 Å². The molecule has 1 heterocycles. The third-order valence-corrected chi connectivity index (χ3v) is 6.41. The number of hydrogen-bond donors (Lipinski definition) is 1. The average molecular weight is 396 g/mol. The predicted octanol–water partition coefficient (Wildman–Crippen LogP) is 4.28. The number of carbonyl (C=O) groups is 1. The van der Waals surface area contributed by atoms with Crippen molar-refractivity contribution in [3.05, 3.63) is 28.1 Å². The zero-order valence-corrected chi connectivity index (χ0v) is 16.6. The lowest BCUT2D eigenvalue weighted by molar-refractivity contribution is -0.114. The van der Waals surface area contributed by atoms with Gasteiger partial charge in [-0.1, -0.05) is 0 Å². The number of hydrogen-bond acceptors (Lipinski definition) is 7. The molecule has 140 valence electrons. The molecule has 26 heavy (non-hydrogen) atoms. The molecule has 0 unspecified atom stereocenters. The zero-order valence-electron chi connectivity index (χ0n) is 14.9. The third kappa shape index (κ3) is 3.83. The van der Waals surface area contributed by atoms with Crippen LogP contribution in [0.4, 0.5) is 5.69 Å².